The molecule has 0 fully saturated rings. The van der Waals surface area contributed by atoms with Gasteiger partial charge in [-0.15, -0.1) is 0 Å². The molecule has 2 heteroatoms. The van der Waals surface area contributed by atoms with Gasteiger partial charge < -0.3 is 5.32 Å². The highest BCUT2D eigenvalue weighted by Crippen LogP contribution is 2.18. The van der Waals surface area contributed by atoms with Crippen molar-refractivity contribution in [1.82, 2.24) is 5.32 Å². The molecule has 0 saturated carbocycles. The Kier molecular flexibility index (Phi) is 5.86. The molecular formula is C14H22ClN. The Morgan fingerprint density at radius 3 is 2.50 bits per heavy atom. The van der Waals surface area contributed by atoms with Gasteiger partial charge in [-0.3, -0.25) is 0 Å². The molecule has 0 bridgehead atoms. The van der Waals surface area contributed by atoms with Crippen LogP contribution in [0.3, 0.4) is 0 Å². The van der Waals surface area contributed by atoms with E-state index >= 15 is 0 Å². The number of nitrogens with one attached hydrogen (secondary N) is 1. The van der Waals surface area contributed by atoms with Gasteiger partial charge in [0.2, 0.25) is 0 Å². The summed E-state index contributed by atoms with van der Waals surface area (Å²) in [6.45, 7) is 7.72. The van der Waals surface area contributed by atoms with Crippen LogP contribution in [0.25, 0.3) is 0 Å². The van der Waals surface area contributed by atoms with Crippen molar-refractivity contribution in [2.45, 2.75) is 39.7 Å². The van der Waals surface area contributed by atoms with Crippen molar-refractivity contribution in [3.8, 4) is 0 Å². The monoisotopic (exact) mass is 239 g/mol. The molecule has 0 aliphatic heterocycles. The third kappa shape index (κ3) is 4.15. The lowest BCUT2D eigenvalue weighted by atomic mass is 9.96. The summed E-state index contributed by atoms with van der Waals surface area (Å²) in [5, 5.41) is 4.42. The van der Waals surface area contributed by atoms with Crippen molar-refractivity contribution < 1.29 is 0 Å². The minimum Gasteiger partial charge on any atom is -0.314 e. The van der Waals surface area contributed by atoms with Crippen LogP contribution in [0.5, 0.6) is 0 Å². The predicted molar refractivity (Wildman–Crippen MR) is 72.1 cm³/mol. The molecule has 0 aromatic heterocycles. The maximum absolute atomic E-state index is 6.14. The van der Waals surface area contributed by atoms with E-state index in [1.54, 1.807) is 0 Å². The largest absolute Gasteiger partial charge is 0.314 e. The van der Waals surface area contributed by atoms with Gasteiger partial charge in [0.05, 0.1) is 0 Å². The van der Waals surface area contributed by atoms with E-state index in [0.29, 0.717) is 12.0 Å². The molecule has 0 radical (unpaired) electrons. The van der Waals surface area contributed by atoms with E-state index in [9.17, 15) is 0 Å². The Hall–Kier alpha value is -0.530. The molecule has 1 unspecified atom stereocenters. The third-order valence-electron chi connectivity index (χ3n) is 2.95. The average Bonchev–Trinajstić information content (AvgIpc) is 2.26. The Morgan fingerprint density at radius 1 is 1.25 bits per heavy atom. The summed E-state index contributed by atoms with van der Waals surface area (Å²) in [5.41, 5.74) is 1.26. The molecule has 0 saturated heterocycles. The highest BCUT2D eigenvalue weighted by atomic mass is 35.5. The quantitative estimate of drug-likeness (QED) is 0.794. The van der Waals surface area contributed by atoms with Gasteiger partial charge >= 0.3 is 0 Å². The summed E-state index contributed by atoms with van der Waals surface area (Å²) in [4.78, 5) is 0. The number of benzene rings is 1. The van der Waals surface area contributed by atoms with Gasteiger partial charge in [0, 0.05) is 11.1 Å². The Morgan fingerprint density at radius 2 is 1.94 bits per heavy atom. The van der Waals surface area contributed by atoms with Gasteiger partial charge in [0.25, 0.3) is 0 Å². The Balaban J connectivity index is 2.52. The highest BCUT2D eigenvalue weighted by Gasteiger charge is 2.12. The van der Waals surface area contributed by atoms with Crippen LogP contribution in [0.15, 0.2) is 24.3 Å². The van der Waals surface area contributed by atoms with Crippen molar-refractivity contribution in [3.63, 3.8) is 0 Å². The van der Waals surface area contributed by atoms with Gasteiger partial charge in [-0.25, -0.2) is 0 Å². The minimum absolute atomic E-state index is 0.585. The maximum Gasteiger partial charge on any atom is 0.0437 e. The van der Waals surface area contributed by atoms with Crippen LogP contribution in [0, 0.1) is 5.92 Å². The molecule has 1 N–H and O–H groups in total. The van der Waals surface area contributed by atoms with E-state index in [-0.39, 0.29) is 0 Å². The molecular weight excluding hydrogens is 218 g/mol. The molecule has 0 heterocycles. The topological polar surface area (TPSA) is 12.0 Å². The van der Waals surface area contributed by atoms with Gasteiger partial charge in [0.1, 0.15) is 0 Å². The van der Waals surface area contributed by atoms with E-state index in [1.165, 1.54) is 5.56 Å². The standard InChI is InChI=1S/C14H22ClN/c1-4-16-14(11(2)3)10-9-12-7-5-6-8-13(12)15/h5-8,11,14,16H,4,9-10H2,1-3H3. The van der Waals surface area contributed by atoms with Crippen LogP contribution in [-0.2, 0) is 6.42 Å². The van der Waals surface area contributed by atoms with Gasteiger partial charge in [-0.2, -0.15) is 0 Å². The smallest absolute Gasteiger partial charge is 0.0437 e. The minimum atomic E-state index is 0.585. The first kappa shape index (κ1) is 13.5. The summed E-state index contributed by atoms with van der Waals surface area (Å²) in [7, 11) is 0. The van der Waals surface area contributed by atoms with E-state index < -0.39 is 0 Å². The van der Waals surface area contributed by atoms with Crippen LogP contribution < -0.4 is 5.32 Å². The van der Waals surface area contributed by atoms with Crippen molar-refractivity contribution in [1.29, 1.82) is 0 Å². The van der Waals surface area contributed by atoms with E-state index in [1.807, 2.05) is 12.1 Å². The molecule has 0 aliphatic rings. The van der Waals surface area contributed by atoms with Crippen molar-refractivity contribution >= 4 is 11.6 Å². The first-order valence-corrected chi connectivity index (χ1v) is 6.49. The number of hydrogen-bond acceptors (Lipinski definition) is 1. The summed E-state index contributed by atoms with van der Waals surface area (Å²) >= 11 is 6.14. The maximum atomic E-state index is 6.14. The number of hydrogen-bond donors (Lipinski definition) is 1. The van der Waals surface area contributed by atoms with E-state index in [4.69, 9.17) is 11.6 Å². The van der Waals surface area contributed by atoms with Gasteiger partial charge in [-0.1, -0.05) is 50.6 Å². The lowest BCUT2D eigenvalue weighted by Crippen LogP contribution is -2.34. The number of halogens is 1. The third-order valence-corrected chi connectivity index (χ3v) is 3.32. The molecule has 0 aliphatic carbocycles. The Bertz CT molecular complexity index is 309. The molecule has 1 aromatic rings. The molecule has 1 nitrogen and oxygen atoms in total. The SMILES string of the molecule is CCNC(CCc1ccccc1Cl)C(C)C. The number of aryl methyl sites for hydroxylation is 1. The van der Waals surface area contributed by atoms with Crippen molar-refractivity contribution in [2.24, 2.45) is 5.92 Å². The first-order chi connectivity index (χ1) is 7.65. The van der Waals surface area contributed by atoms with Crippen molar-refractivity contribution in [3.05, 3.63) is 34.9 Å². The molecule has 1 rings (SSSR count). The molecule has 1 aromatic carbocycles. The second-order valence-corrected chi connectivity index (χ2v) is 4.95. The second-order valence-electron chi connectivity index (χ2n) is 4.54. The van der Waals surface area contributed by atoms with Crippen molar-refractivity contribution in [2.75, 3.05) is 6.54 Å². The zero-order chi connectivity index (χ0) is 12.0. The lowest BCUT2D eigenvalue weighted by molar-refractivity contribution is 0.385. The fourth-order valence-corrected chi connectivity index (χ4v) is 2.18. The average molecular weight is 240 g/mol. The number of rotatable bonds is 6. The summed E-state index contributed by atoms with van der Waals surface area (Å²) in [6, 6.07) is 8.70. The van der Waals surface area contributed by atoms with E-state index in [2.05, 4.69) is 38.2 Å². The molecule has 0 spiro atoms. The zero-order valence-electron chi connectivity index (χ0n) is 10.5. The van der Waals surface area contributed by atoms with Crippen LogP contribution in [0.4, 0.5) is 0 Å². The molecule has 1 atom stereocenters. The first-order valence-electron chi connectivity index (χ1n) is 6.12. The van der Waals surface area contributed by atoms with Crippen LogP contribution >= 0.6 is 11.6 Å². The lowest BCUT2D eigenvalue weighted by Gasteiger charge is -2.21. The summed E-state index contributed by atoms with van der Waals surface area (Å²) < 4.78 is 0. The normalized spacial score (nSPS) is 13.1. The fourth-order valence-electron chi connectivity index (χ4n) is 1.95. The highest BCUT2D eigenvalue weighted by molar-refractivity contribution is 6.31. The van der Waals surface area contributed by atoms with Gasteiger partial charge in [-0.05, 0) is 36.9 Å². The fraction of sp³-hybridized carbons (Fsp3) is 0.571. The van der Waals surface area contributed by atoms with Crippen LogP contribution in [-0.4, -0.2) is 12.6 Å². The Labute approximate surface area is 104 Å². The van der Waals surface area contributed by atoms with Gasteiger partial charge in [0.15, 0.2) is 0 Å². The van der Waals surface area contributed by atoms with Crippen LogP contribution in [0.2, 0.25) is 5.02 Å². The van der Waals surface area contributed by atoms with Crippen LogP contribution in [0.1, 0.15) is 32.8 Å². The predicted octanol–water partition coefficient (Wildman–Crippen LogP) is 3.91. The molecule has 90 valence electrons. The summed E-state index contributed by atoms with van der Waals surface area (Å²) in [5.74, 6) is 0.669. The van der Waals surface area contributed by atoms with E-state index in [0.717, 1.165) is 24.4 Å². The second kappa shape index (κ2) is 6.93. The summed E-state index contributed by atoms with van der Waals surface area (Å²) in [6.07, 6.45) is 2.20. The molecule has 16 heavy (non-hydrogen) atoms. The molecule has 0 amide bonds. The zero-order valence-corrected chi connectivity index (χ0v) is 11.2.